The lowest BCUT2D eigenvalue weighted by molar-refractivity contribution is 1.10. The maximum atomic E-state index is 2.80. The second-order valence-corrected chi connectivity index (χ2v) is 5.80. The van der Waals surface area contributed by atoms with Gasteiger partial charge in [-0.05, 0) is 31.1 Å². The molecule has 0 saturated heterocycles. The summed E-state index contributed by atoms with van der Waals surface area (Å²) in [6.07, 6.45) is 7.05. The lowest BCUT2D eigenvalue weighted by atomic mass is 10.6. The SMILES string of the molecule is CCP(CC)CCCP. The Morgan fingerprint density at radius 2 is 1.78 bits per heavy atom. The molecule has 0 fully saturated rings. The van der Waals surface area contributed by atoms with Gasteiger partial charge in [-0.25, -0.2) is 0 Å². The van der Waals surface area contributed by atoms with E-state index in [1.807, 2.05) is 0 Å². The summed E-state index contributed by atoms with van der Waals surface area (Å²) in [6.45, 7) is 4.63. The average molecular weight is 164 g/mol. The Morgan fingerprint density at radius 3 is 2.11 bits per heavy atom. The van der Waals surface area contributed by atoms with E-state index >= 15 is 0 Å². The van der Waals surface area contributed by atoms with Gasteiger partial charge in [0.15, 0.2) is 0 Å². The first kappa shape index (κ1) is 9.86. The van der Waals surface area contributed by atoms with Crippen LogP contribution in [0.5, 0.6) is 0 Å². The van der Waals surface area contributed by atoms with Crippen LogP contribution in [0.25, 0.3) is 0 Å². The van der Waals surface area contributed by atoms with Crippen LogP contribution in [0.1, 0.15) is 20.3 Å². The summed E-state index contributed by atoms with van der Waals surface area (Å²) in [6, 6.07) is 0. The predicted molar refractivity (Wildman–Crippen MR) is 52.1 cm³/mol. The minimum atomic E-state index is 0.425. The molecule has 0 rings (SSSR count). The van der Waals surface area contributed by atoms with Crippen LogP contribution in [0.15, 0.2) is 0 Å². The van der Waals surface area contributed by atoms with Crippen LogP contribution in [0, 0.1) is 0 Å². The van der Waals surface area contributed by atoms with Crippen LogP contribution >= 0.6 is 17.2 Å². The lowest BCUT2D eigenvalue weighted by Gasteiger charge is -2.10. The van der Waals surface area contributed by atoms with Gasteiger partial charge in [-0.15, -0.1) is 17.2 Å². The third-order valence-electron chi connectivity index (χ3n) is 1.57. The Morgan fingerprint density at radius 1 is 1.22 bits per heavy atom. The molecule has 0 saturated carbocycles. The summed E-state index contributed by atoms with van der Waals surface area (Å²) in [4.78, 5) is 0. The summed E-state index contributed by atoms with van der Waals surface area (Å²) in [5, 5.41) is 0. The zero-order chi connectivity index (χ0) is 7.11. The van der Waals surface area contributed by atoms with Crippen molar-refractivity contribution in [3.8, 4) is 0 Å². The third kappa shape index (κ3) is 5.31. The Labute approximate surface area is 62.8 Å². The zero-order valence-corrected chi connectivity index (χ0v) is 8.61. The molecule has 0 spiro atoms. The van der Waals surface area contributed by atoms with E-state index in [0.29, 0.717) is 7.92 Å². The molecule has 0 aliphatic rings. The van der Waals surface area contributed by atoms with E-state index in [1.165, 1.54) is 31.1 Å². The maximum Gasteiger partial charge on any atom is -0.0323 e. The van der Waals surface area contributed by atoms with Crippen molar-refractivity contribution < 1.29 is 0 Å². The van der Waals surface area contributed by atoms with E-state index in [9.17, 15) is 0 Å². The normalized spacial score (nSPS) is 10.7. The number of hydrogen-bond acceptors (Lipinski definition) is 0. The quantitative estimate of drug-likeness (QED) is 0.548. The summed E-state index contributed by atoms with van der Waals surface area (Å²) < 4.78 is 0. The molecule has 0 aromatic heterocycles. The highest BCUT2D eigenvalue weighted by atomic mass is 31.1. The number of rotatable bonds is 5. The third-order valence-corrected chi connectivity index (χ3v) is 4.72. The molecular weight excluding hydrogens is 146 g/mol. The molecule has 2 heteroatoms. The largest absolute Gasteiger partial charge is 0.138 e. The summed E-state index contributed by atoms with van der Waals surface area (Å²) in [7, 11) is 3.22. The Kier molecular flexibility index (Phi) is 7.64. The van der Waals surface area contributed by atoms with Crippen LogP contribution in [0.3, 0.4) is 0 Å². The highest BCUT2D eigenvalue weighted by Crippen LogP contribution is 2.34. The molecule has 1 atom stereocenters. The van der Waals surface area contributed by atoms with Crippen molar-refractivity contribution in [1.29, 1.82) is 0 Å². The van der Waals surface area contributed by atoms with Crippen LogP contribution in [0.4, 0.5) is 0 Å². The van der Waals surface area contributed by atoms with E-state index in [2.05, 4.69) is 23.1 Å². The van der Waals surface area contributed by atoms with Gasteiger partial charge in [0, 0.05) is 0 Å². The summed E-state index contributed by atoms with van der Waals surface area (Å²) >= 11 is 0. The van der Waals surface area contributed by atoms with Gasteiger partial charge in [-0.3, -0.25) is 0 Å². The van der Waals surface area contributed by atoms with Crippen LogP contribution < -0.4 is 0 Å². The molecule has 0 aromatic rings. The first-order chi connectivity index (χ1) is 4.35. The summed E-state index contributed by atoms with van der Waals surface area (Å²) in [5.74, 6) is 0. The minimum Gasteiger partial charge on any atom is -0.138 e. The standard InChI is InChI=1S/C7H18P2/c1-3-9(4-2)7-5-6-8/h3-8H2,1-2H3. The Hall–Kier alpha value is 0.860. The van der Waals surface area contributed by atoms with Crippen molar-refractivity contribution in [3.05, 3.63) is 0 Å². The molecule has 0 bridgehead atoms. The molecule has 9 heavy (non-hydrogen) atoms. The Bertz CT molecular complexity index is 50.9. The molecule has 0 heterocycles. The molecule has 0 N–H and O–H groups in total. The second-order valence-electron chi connectivity index (χ2n) is 2.17. The van der Waals surface area contributed by atoms with Gasteiger partial charge in [0.25, 0.3) is 0 Å². The van der Waals surface area contributed by atoms with Gasteiger partial charge in [0.05, 0.1) is 0 Å². The highest BCUT2D eigenvalue weighted by molar-refractivity contribution is 7.57. The molecule has 0 amide bonds. The van der Waals surface area contributed by atoms with Crippen LogP contribution in [-0.2, 0) is 0 Å². The van der Waals surface area contributed by atoms with Crippen molar-refractivity contribution in [2.24, 2.45) is 0 Å². The monoisotopic (exact) mass is 164 g/mol. The van der Waals surface area contributed by atoms with E-state index in [4.69, 9.17) is 0 Å². The zero-order valence-electron chi connectivity index (χ0n) is 6.56. The highest BCUT2D eigenvalue weighted by Gasteiger charge is 1.98. The second kappa shape index (κ2) is 6.97. The molecule has 0 aliphatic heterocycles. The van der Waals surface area contributed by atoms with Crippen molar-refractivity contribution in [2.45, 2.75) is 20.3 Å². The van der Waals surface area contributed by atoms with Crippen molar-refractivity contribution in [1.82, 2.24) is 0 Å². The van der Waals surface area contributed by atoms with Gasteiger partial charge in [0.1, 0.15) is 0 Å². The van der Waals surface area contributed by atoms with Gasteiger partial charge < -0.3 is 0 Å². The van der Waals surface area contributed by atoms with Gasteiger partial charge in [-0.2, -0.15) is 0 Å². The minimum absolute atomic E-state index is 0.425. The molecule has 0 nitrogen and oxygen atoms in total. The van der Waals surface area contributed by atoms with Gasteiger partial charge in [0.2, 0.25) is 0 Å². The topological polar surface area (TPSA) is 0 Å². The van der Waals surface area contributed by atoms with Gasteiger partial charge >= 0.3 is 0 Å². The molecule has 56 valence electrons. The van der Waals surface area contributed by atoms with E-state index in [-0.39, 0.29) is 0 Å². The smallest absolute Gasteiger partial charge is 0.0323 e. The van der Waals surface area contributed by atoms with Crippen molar-refractivity contribution in [3.63, 3.8) is 0 Å². The van der Waals surface area contributed by atoms with Crippen molar-refractivity contribution in [2.75, 3.05) is 24.6 Å². The first-order valence-electron chi connectivity index (χ1n) is 3.77. The van der Waals surface area contributed by atoms with Crippen molar-refractivity contribution >= 4 is 17.2 Å². The fraction of sp³-hybridized carbons (Fsp3) is 1.00. The van der Waals surface area contributed by atoms with Crippen LogP contribution in [0.2, 0.25) is 0 Å². The maximum absolute atomic E-state index is 2.80. The molecule has 0 aromatic carbocycles. The lowest BCUT2D eigenvalue weighted by Crippen LogP contribution is -1.89. The summed E-state index contributed by atoms with van der Waals surface area (Å²) in [5.41, 5.74) is 0. The fourth-order valence-corrected chi connectivity index (χ4v) is 3.11. The predicted octanol–water partition coefficient (Wildman–Crippen LogP) is 2.77. The Balaban J connectivity index is 3.09. The van der Waals surface area contributed by atoms with Gasteiger partial charge in [-0.1, -0.05) is 13.8 Å². The molecule has 0 radical (unpaired) electrons. The van der Waals surface area contributed by atoms with Crippen LogP contribution in [-0.4, -0.2) is 24.6 Å². The molecular formula is C7H18P2. The van der Waals surface area contributed by atoms with E-state index in [0.717, 1.165) is 0 Å². The average Bonchev–Trinajstić information content (AvgIpc) is 1.91. The van der Waals surface area contributed by atoms with E-state index in [1.54, 1.807) is 0 Å². The molecule has 0 aliphatic carbocycles. The van der Waals surface area contributed by atoms with E-state index < -0.39 is 0 Å². The number of hydrogen-bond donors (Lipinski definition) is 0. The first-order valence-corrected chi connectivity index (χ1v) is 6.49. The molecule has 1 unspecified atom stereocenters. The fourth-order valence-electron chi connectivity index (χ4n) is 0.855.